The Bertz CT molecular complexity index is 1120. The second-order valence-corrected chi connectivity index (χ2v) is 8.03. The van der Waals surface area contributed by atoms with Crippen molar-refractivity contribution in [2.75, 3.05) is 14.2 Å². The predicted octanol–water partition coefficient (Wildman–Crippen LogP) is 4.33. The molecule has 4 rings (SSSR count). The maximum absolute atomic E-state index is 12.7. The number of nitrogens with one attached hydrogen (secondary N) is 1. The standard InChI is InChI=1S/C25H24FNO5/c1-30-22-7-4-3-6-18(22)19-13-17-15-25(9-5-10-25)27-11-8-21(28)20(24(29)32-26)12-16(17)14-23(19)31-2/h3-4,6-8,11-14,27H,5,9-10,15H2,1-2H3/b11-8-,20-12+. The highest BCUT2D eigenvalue weighted by atomic mass is 19.3. The Labute approximate surface area is 185 Å². The average Bonchev–Trinajstić information content (AvgIpc) is 2.80. The number of rotatable bonds is 4. The zero-order valence-electron chi connectivity index (χ0n) is 17.9. The number of ketones is 1. The van der Waals surface area contributed by atoms with Gasteiger partial charge in [-0.25, -0.2) is 9.74 Å². The molecule has 0 aromatic heterocycles. The maximum atomic E-state index is 12.7. The smallest absolute Gasteiger partial charge is 0.383 e. The van der Waals surface area contributed by atoms with Crippen LogP contribution in [0.2, 0.25) is 0 Å². The molecule has 1 heterocycles. The molecule has 0 saturated heterocycles. The summed E-state index contributed by atoms with van der Waals surface area (Å²) in [6.07, 6.45) is 7.77. The largest absolute Gasteiger partial charge is 0.496 e. The highest BCUT2D eigenvalue weighted by molar-refractivity contribution is 6.24. The van der Waals surface area contributed by atoms with Crippen molar-refractivity contribution in [1.82, 2.24) is 5.32 Å². The van der Waals surface area contributed by atoms with E-state index in [1.807, 2.05) is 30.3 Å². The number of fused-ring (bicyclic) bond motifs is 1. The van der Waals surface area contributed by atoms with E-state index >= 15 is 0 Å². The van der Waals surface area contributed by atoms with Gasteiger partial charge >= 0.3 is 5.97 Å². The van der Waals surface area contributed by atoms with Gasteiger partial charge in [-0.3, -0.25) is 4.79 Å². The minimum absolute atomic E-state index is 0.190. The Morgan fingerprint density at radius 2 is 1.81 bits per heavy atom. The first-order valence-corrected chi connectivity index (χ1v) is 10.4. The van der Waals surface area contributed by atoms with Gasteiger partial charge in [-0.15, -0.1) is 0 Å². The molecule has 0 unspecified atom stereocenters. The van der Waals surface area contributed by atoms with E-state index in [4.69, 9.17) is 9.47 Å². The second kappa shape index (κ2) is 8.86. The molecule has 7 heteroatoms. The van der Waals surface area contributed by atoms with E-state index < -0.39 is 17.3 Å². The van der Waals surface area contributed by atoms with Gasteiger partial charge in [-0.2, -0.15) is 0 Å². The first-order valence-electron chi connectivity index (χ1n) is 10.4. The van der Waals surface area contributed by atoms with Gasteiger partial charge in [-0.1, -0.05) is 18.2 Å². The van der Waals surface area contributed by atoms with Crippen LogP contribution in [-0.4, -0.2) is 31.5 Å². The third kappa shape index (κ3) is 3.98. The average molecular weight is 437 g/mol. The topological polar surface area (TPSA) is 73.9 Å². The van der Waals surface area contributed by atoms with Gasteiger partial charge in [0, 0.05) is 33.5 Å². The van der Waals surface area contributed by atoms with Gasteiger partial charge in [0.2, 0.25) is 0 Å². The SMILES string of the molecule is COc1ccccc1-c1cc2c(cc1OC)/C=C(/C(=O)OF)C(=O)/C=C\NC1(CCC1)C2. The number of hydrogen-bond acceptors (Lipinski definition) is 6. The molecule has 1 spiro atoms. The van der Waals surface area contributed by atoms with E-state index in [9.17, 15) is 14.1 Å². The summed E-state index contributed by atoms with van der Waals surface area (Å²) in [6, 6.07) is 11.4. The number of benzene rings is 2. The molecule has 166 valence electrons. The molecule has 2 aliphatic rings. The fourth-order valence-corrected chi connectivity index (χ4v) is 4.33. The van der Waals surface area contributed by atoms with E-state index in [2.05, 4.69) is 10.3 Å². The lowest BCUT2D eigenvalue weighted by atomic mass is 9.71. The summed E-state index contributed by atoms with van der Waals surface area (Å²) in [6.45, 7) is 0. The number of para-hydroxylation sites is 1. The van der Waals surface area contributed by atoms with Crippen molar-refractivity contribution in [3.05, 3.63) is 65.4 Å². The van der Waals surface area contributed by atoms with E-state index in [-0.39, 0.29) is 5.54 Å². The van der Waals surface area contributed by atoms with Crippen LogP contribution >= 0.6 is 0 Å². The summed E-state index contributed by atoms with van der Waals surface area (Å²) < 4.78 is 23.9. The third-order valence-electron chi connectivity index (χ3n) is 6.18. The fourth-order valence-electron chi connectivity index (χ4n) is 4.33. The summed E-state index contributed by atoms with van der Waals surface area (Å²) in [4.78, 5) is 27.9. The van der Waals surface area contributed by atoms with Crippen molar-refractivity contribution in [3.8, 4) is 22.6 Å². The van der Waals surface area contributed by atoms with Crippen molar-refractivity contribution < 1.29 is 28.5 Å². The lowest BCUT2D eigenvalue weighted by molar-refractivity contribution is -0.178. The van der Waals surface area contributed by atoms with Gasteiger partial charge in [0.1, 0.15) is 17.1 Å². The molecule has 0 radical (unpaired) electrons. The van der Waals surface area contributed by atoms with Crippen LogP contribution in [0.5, 0.6) is 11.5 Å². The molecule has 0 bridgehead atoms. The molecule has 6 nitrogen and oxygen atoms in total. The summed E-state index contributed by atoms with van der Waals surface area (Å²) >= 11 is 0. The predicted molar refractivity (Wildman–Crippen MR) is 118 cm³/mol. The van der Waals surface area contributed by atoms with Crippen LogP contribution in [0, 0.1) is 0 Å². The number of ether oxygens (including phenoxy) is 2. The van der Waals surface area contributed by atoms with Crippen LogP contribution in [0.1, 0.15) is 30.4 Å². The minimum atomic E-state index is -1.34. The minimum Gasteiger partial charge on any atom is -0.496 e. The third-order valence-corrected chi connectivity index (χ3v) is 6.18. The monoisotopic (exact) mass is 437 g/mol. The zero-order chi connectivity index (χ0) is 22.7. The highest BCUT2D eigenvalue weighted by Crippen LogP contribution is 2.42. The Kier molecular flexibility index (Phi) is 5.99. The molecule has 2 aromatic carbocycles. The van der Waals surface area contributed by atoms with Crippen molar-refractivity contribution in [1.29, 1.82) is 0 Å². The molecule has 1 saturated carbocycles. The molecule has 1 aliphatic carbocycles. The molecule has 1 fully saturated rings. The van der Waals surface area contributed by atoms with Gasteiger partial charge in [0.25, 0.3) is 0 Å². The van der Waals surface area contributed by atoms with E-state index in [0.29, 0.717) is 23.5 Å². The van der Waals surface area contributed by atoms with Crippen LogP contribution < -0.4 is 14.8 Å². The first kappa shape index (κ1) is 21.6. The fraction of sp³-hybridized carbons (Fsp3) is 0.280. The molecule has 0 atom stereocenters. The van der Waals surface area contributed by atoms with Crippen LogP contribution in [0.25, 0.3) is 17.2 Å². The summed E-state index contributed by atoms with van der Waals surface area (Å²) in [7, 11) is 3.15. The zero-order valence-corrected chi connectivity index (χ0v) is 17.9. The highest BCUT2D eigenvalue weighted by Gasteiger charge is 2.37. The van der Waals surface area contributed by atoms with Crippen LogP contribution in [-0.2, 0) is 21.0 Å². The number of hydrogen-bond donors (Lipinski definition) is 1. The van der Waals surface area contributed by atoms with Crippen LogP contribution in [0.3, 0.4) is 0 Å². The van der Waals surface area contributed by atoms with Gasteiger partial charge in [0.05, 0.1) is 14.2 Å². The number of carbonyl (C=O) groups is 2. The molecular formula is C25H24FNO5. The number of allylic oxidation sites excluding steroid dienone is 1. The summed E-state index contributed by atoms with van der Waals surface area (Å²) in [5.41, 5.74) is 2.57. The molecule has 32 heavy (non-hydrogen) atoms. The van der Waals surface area contributed by atoms with Crippen molar-refractivity contribution >= 4 is 17.8 Å². The van der Waals surface area contributed by atoms with E-state index in [1.54, 1.807) is 20.3 Å². The van der Waals surface area contributed by atoms with E-state index in [0.717, 1.165) is 36.0 Å². The molecular weight excluding hydrogens is 413 g/mol. The Balaban J connectivity index is 1.94. The van der Waals surface area contributed by atoms with Gasteiger partial charge in [0.15, 0.2) is 5.78 Å². The lowest BCUT2D eigenvalue weighted by Gasteiger charge is -2.43. The Hall–Kier alpha value is -3.61. The van der Waals surface area contributed by atoms with Crippen molar-refractivity contribution in [3.63, 3.8) is 0 Å². The Morgan fingerprint density at radius 1 is 1.06 bits per heavy atom. The molecule has 2 aromatic rings. The normalized spacial score (nSPS) is 19.5. The number of halogens is 1. The van der Waals surface area contributed by atoms with Gasteiger partial charge in [-0.05, 0) is 61.1 Å². The number of carbonyl (C=O) groups excluding carboxylic acids is 2. The summed E-state index contributed by atoms with van der Waals surface area (Å²) in [5.74, 6) is -0.752. The number of methoxy groups -OCH3 is 2. The van der Waals surface area contributed by atoms with Crippen LogP contribution in [0.4, 0.5) is 4.53 Å². The van der Waals surface area contributed by atoms with Crippen molar-refractivity contribution in [2.24, 2.45) is 0 Å². The summed E-state index contributed by atoms with van der Waals surface area (Å²) in [5, 5.41) is 3.33. The second-order valence-electron chi connectivity index (χ2n) is 8.03. The van der Waals surface area contributed by atoms with Crippen LogP contribution in [0.15, 0.2) is 54.2 Å². The Morgan fingerprint density at radius 3 is 2.47 bits per heavy atom. The molecule has 1 aliphatic heterocycles. The molecule has 1 N–H and O–H groups in total. The van der Waals surface area contributed by atoms with E-state index in [1.165, 1.54) is 18.4 Å². The first-order chi connectivity index (χ1) is 15.5. The van der Waals surface area contributed by atoms with Crippen molar-refractivity contribution in [2.45, 2.75) is 31.2 Å². The lowest BCUT2D eigenvalue weighted by Crippen LogP contribution is -2.50. The quantitative estimate of drug-likeness (QED) is 0.718. The maximum Gasteiger partial charge on any atom is 0.383 e. The molecule has 0 amide bonds. The van der Waals surface area contributed by atoms with Gasteiger partial charge < -0.3 is 14.8 Å².